The third-order valence-corrected chi connectivity index (χ3v) is 7.12. The van der Waals surface area contributed by atoms with Crippen LogP contribution in [0.3, 0.4) is 0 Å². The van der Waals surface area contributed by atoms with E-state index in [4.69, 9.17) is 9.47 Å². The van der Waals surface area contributed by atoms with E-state index in [1.165, 1.54) is 17.4 Å². The summed E-state index contributed by atoms with van der Waals surface area (Å²) in [5, 5.41) is 0. The Labute approximate surface area is 222 Å². The van der Waals surface area contributed by atoms with E-state index < -0.39 is 12.0 Å². The molecule has 0 N–H and O–H groups in total. The highest BCUT2D eigenvalue weighted by Crippen LogP contribution is 2.30. The molecule has 0 bridgehead atoms. The molecule has 4 aromatic rings. The van der Waals surface area contributed by atoms with Gasteiger partial charge in [-0.3, -0.25) is 9.36 Å². The molecule has 1 aliphatic heterocycles. The van der Waals surface area contributed by atoms with Crippen LogP contribution in [0.2, 0.25) is 0 Å². The Morgan fingerprint density at radius 1 is 1.08 bits per heavy atom. The van der Waals surface area contributed by atoms with Crippen LogP contribution in [-0.2, 0) is 16.1 Å². The molecule has 192 valence electrons. The van der Waals surface area contributed by atoms with Gasteiger partial charge in [0.15, 0.2) is 4.80 Å². The molecule has 1 aromatic heterocycles. The molecule has 0 amide bonds. The van der Waals surface area contributed by atoms with E-state index in [1.54, 1.807) is 54.8 Å². The van der Waals surface area contributed by atoms with Gasteiger partial charge in [-0.25, -0.2) is 14.2 Å². The molecular weight excluding hydrogens is 503 g/mol. The SMILES string of the molecule is CCOC(=O)C1=C(C)N=c2sc(=Cc3cccc(OCc4ccccc4F)c3)c(=O)n2[C@@H]1c1ccccc1. The lowest BCUT2D eigenvalue weighted by Crippen LogP contribution is -2.39. The van der Waals surface area contributed by atoms with E-state index in [0.717, 1.165) is 11.1 Å². The number of nitrogens with zero attached hydrogens (tertiary/aromatic N) is 2. The zero-order valence-electron chi connectivity index (χ0n) is 20.9. The Bertz CT molecular complexity index is 1710. The number of allylic oxidation sites excluding steroid dienone is 1. The smallest absolute Gasteiger partial charge is 0.338 e. The summed E-state index contributed by atoms with van der Waals surface area (Å²) in [5.74, 6) is -0.260. The number of aromatic nitrogens is 1. The van der Waals surface area contributed by atoms with E-state index in [1.807, 2.05) is 42.5 Å². The van der Waals surface area contributed by atoms with Crippen molar-refractivity contribution in [2.24, 2.45) is 4.99 Å². The molecule has 0 saturated heterocycles. The third kappa shape index (κ3) is 5.08. The van der Waals surface area contributed by atoms with E-state index in [-0.39, 0.29) is 24.6 Å². The Hall–Kier alpha value is -4.30. The molecule has 8 heteroatoms. The van der Waals surface area contributed by atoms with Gasteiger partial charge in [0.05, 0.1) is 28.5 Å². The number of halogens is 1. The molecule has 1 aliphatic rings. The van der Waals surface area contributed by atoms with Gasteiger partial charge in [0.1, 0.15) is 18.2 Å². The lowest BCUT2D eigenvalue weighted by molar-refractivity contribution is -0.139. The lowest BCUT2D eigenvalue weighted by Gasteiger charge is -2.24. The molecule has 38 heavy (non-hydrogen) atoms. The third-order valence-electron chi connectivity index (χ3n) is 6.14. The van der Waals surface area contributed by atoms with Gasteiger partial charge < -0.3 is 9.47 Å². The highest BCUT2D eigenvalue weighted by atomic mass is 32.1. The van der Waals surface area contributed by atoms with Gasteiger partial charge in [-0.15, -0.1) is 0 Å². The quantitative estimate of drug-likeness (QED) is 0.331. The molecule has 1 atom stereocenters. The van der Waals surface area contributed by atoms with E-state index >= 15 is 0 Å². The summed E-state index contributed by atoms with van der Waals surface area (Å²) in [5.41, 5.74) is 2.61. The van der Waals surface area contributed by atoms with Crippen LogP contribution in [0, 0.1) is 5.82 Å². The van der Waals surface area contributed by atoms with Gasteiger partial charge in [-0.2, -0.15) is 0 Å². The molecule has 0 aliphatic carbocycles. The molecule has 3 aromatic carbocycles. The zero-order chi connectivity index (χ0) is 26.6. The van der Waals surface area contributed by atoms with Gasteiger partial charge in [-0.05, 0) is 49.2 Å². The molecule has 0 fully saturated rings. The number of thiazole rings is 1. The molecule has 6 nitrogen and oxygen atoms in total. The summed E-state index contributed by atoms with van der Waals surface area (Å²) in [6.45, 7) is 3.81. The topological polar surface area (TPSA) is 69.9 Å². The number of hydrogen-bond donors (Lipinski definition) is 0. The van der Waals surface area contributed by atoms with Gasteiger partial charge in [0.2, 0.25) is 0 Å². The predicted molar refractivity (Wildman–Crippen MR) is 144 cm³/mol. The molecule has 0 unspecified atom stereocenters. The van der Waals surface area contributed by atoms with E-state index in [9.17, 15) is 14.0 Å². The first-order chi connectivity index (χ1) is 18.5. The maximum atomic E-state index is 14.0. The highest BCUT2D eigenvalue weighted by molar-refractivity contribution is 7.07. The maximum Gasteiger partial charge on any atom is 0.338 e. The number of benzene rings is 3. The Morgan fingerprint density at radius 3 is 2.61 bits per heavy atom. The lowest BCUT2D eigenvalue weighted by atomic mass is 9.96. The van der Waals surface area contributed by atoms with Crippen LogP contribution in [0.4, 0.5) is 4.39 Å². The number of hydrogen-bond acceptors (Lipinski definition) is 6. The maximum absolute atomic E-state index is 14.0. The van der Waals surface area contributed by atoms with Crippen molar-refractivity contribution in [2.45, 2.75) is 26.5 Å². The van der Waals surface area contributed by atoms with Gasteiger partial charge in [0, 0.05) is 5.56 Å². The van der Waals surface area contributed by atoms with Gasteiger partial charge >= 0.3 is 5.97 Å². The summed E-state index contributed by atoms with van der Waals surface area (Å²) in [6, 6.07) is 22.5. The second-order valence-corrected chi connectivity index (χ2v) is 9.67. The second-order valence-electron chi connectivity index (χ2n) is 8.67. The van der Waals surface area contributed by atoms with Gasteiger partial charge in [-0.1, -0.05) is 72.0 Å². The van der Waals surface area contributed by atoms with Crippen LogP contribution in [0.5, 0.6) is 5.75 Å². The Morgan fingerprint density at radius 2 is 1.84 bits per heavy atom. The fourth-order valence-electron chi connectivity index (χ4n) is 4.36. The first kappa shape index (κ1) is 25.4. The minimum atomic E-state index is -0.649. The fourth-order valence-corrected chi connectivity index (χ4v) is 5.41. The van der Waals surface area contributed by atoms with Crippen molar-refractivity contribution in [3.8, 4) is 5.75 Å². The molecule has 0 saturated carbocycles. The fraction of sp³-hybridized carbons (Fsp3) is 0.167. The molecule has 0 spiro atoms. The van der Waals surface area contributed by atoms with Crippen LogP contribution in [-0.4, -0.2) is 17.1 Å². The first-order valence-electron chi connectivity index (χ1n) is 12.2. The minimum Gasteiger partial charge on any atom is -0.489 e. The van der Waals surface area contributed by atoms with Crippen molar-refractivity contribution in [1.29, 1.82) is 0 Å². The molecule has 0 radical (unpaired) electrons. The summed E-state index contributed by atoms with van der Waals surface area (Å²) >= 11 is 1.26. The summed E-state index contributed by atoms with van der Waals surface area (Å²) in [7, 11) is 0. The zero-order valence-corrected chi connectivity index (χ0v) is 21.7. The predicted octanol–water partition coefficient (Wildman–Crippen LogP) is 4.52. The number of ether oxygens (including phenoxy) is 2. The highest BCUT2D eigenvalue weighted by Gasteiger charge is 2.33. The van der Waals surface area contributed by atoms with Crippen molar-refractivity contribution < 1.29 is 18.7 Å². The number of fused-ring (bicyclic) bond motifs is 1. The Balaban J connectivity index is 1.54. The largest absolute Gasteiger partial charge is 0.489 e. The van der Waals surface area contributed by atoms with E-state index in [0.29, 0.717) is 31.9 Å². The van der Waals surface area contributed by atoms with Crippen molar-refractivity contribution in [3.63, 3.8) is 0 Å². The Kier molecular flexibility index (Phi) is 7.33. The van der Waals surface area contributed by atoms with Crippen molar-refractivity contribution in [3.05, 3.63) is 132 Å². The molecular formula is C30H25FN2O4S. The standard InChI is InChI=1S/C30H25FN2O4S/c1-3-36-29(35)26-19(2)32-30-33(27(26)21-11-5-4-6-12-21)28(34)25(38-30)17-20-10-9-14-23(16-20)37-18-22-13-7-8-15-24(22)31/h4-17,27H,3,18H2,1-2H3/t27-/m1/s1. The second kappa shape index (κ2) is 11.0. The minimum absolute atomic E-state index is 0.0886. The summed E-state index contributed by atoms with van der Waals surface area (Å²) in [6.07, 6.45) is 1.77. The van der Waals surface area contributed by atoms with Crippen LogP contribution in [0.25, 0.3) is 6.08 Å². The average molecular weight is 529 g/mol. The monoisotopic (exact) mass is 528 g/mol. The van der Waals surface area contributed by atoms with Crippen molar-refractivity contribution >= 4 is 23.4 Å². The first-order valence-corrected chi connectivity index (χ1v) is 13.0. The molecule has 5 rings (SSSR count). The van der Waals surface area contributed by atoms with Crippen LogP contribution in [0.15, 0.2) is 99.9 Å². The van der Waals surface area contributed by atoms with Crippen molar-refractivity contribution in [2.75, 3.05) is 6.61 Å². The normalized spacial score (nSPS) is 15.1. The number of carbonyl (C=O) groups is 1. The van der Waals surface area contributed by atoms with Crippen molar-refractivity contribution in [1.82, 2.24) is 4.57 Å². The summed E-state index contributed by atoms with van der Waals surface area (Å²) in [4.78, 5) is 31.7. The number of esters is 1. The van der Waals surface area contributed by atoms with Crippen LogP contribution in [0.1, 0.15) is 36.6 Å². The molecule has 2 heterocycles. The van der Waals surface area contributed by atoms with Crippen LogP contribution < -0.4 is 19.6 Å². The van der Waals surface area contributed by atoms with Crippen LogP contribution >= 0.6 is 11.3 Å². The number of carbonyl (C=O) groups excluding carboxylic acids is 1. The number of rotatable bonds is 7. The van der Waals surface area contributed by atoms with Gasteiger partial charge in [0.25, 0.3) is 5.56 Å². The summed E-state index contributed by atoms with van der Waals surface area (Å²) < 4.78 is 27.1. The average Bonchev–Trinajstić information content (AvgIpc) is 3.22. The van der Waals surface area contributed by atoms with E-state index in [2.05, 4.69) is 4.99 Å².